The highest BCUT2D eigenvalue weighted by Crippen LogP contribution is 2.38. The van der Waals surface area contributed by atoms with Crippen LogP contribution < -0.4 is 14.8 Å². The van der Waals surface area contributed by atoms with E-state index in [1.54, 1.807) is 0 Å². The minimum atomic E-state index is 0.488. The second-order valence-corrected chi connectivity index (χ2v) is 7.43. The Hall–Kier alpha value is -0.780. The number of benzene rings is 1. The van der Waals surface area contributed by atoms with Gasteiger partial charge >= 0.3 is 0 Å². The molecule has 1 unspecified atom stereocenters. The molecular formula is C17H27BrN2O2. The lowest BCUT2D eigenvalue weighted by molar-refractivity contribution is 0.170. The summed E-state index contributed by atoms with van der Waals surface area (Å²) in [6.45, 7) is 7.65. The van der Waals surface area contributed by atoms with Crippen LogP contribution in [0.1, 0.15) is 25.8 Å². The third-order valence-electron chi connectivity index (χ3n) is 3.59. The summed E-state index contributed by atoms with van der Waals surface area (Å²) in [5.74, 6) is 2.34. The summed E-state index contributed by atoms with van der Waals surface area (Å²) in [6.07, 6.45) is 1.17. The molecule has 22 heavy (non-hydrogen) atoms. The maximum Gasteiger partial charge on any atom is 0.175 e. The molecule has 1 aliphatic rings. The molecule has 0 aliphatic carbocycles. The van der Waals surface area contributed by atoms with E-state index in [1.807, 2.05) is 0 Å². The zero-order chi connectivity index (χ0) is 16.1. The highest BCUT2D eigenvalue weighted by molar-refractivity contribution is 9.10. The van der Waals surface area contributed by atoms with Gasteiger partial charge in [0, 0.05) is 19.1 Å². The van der Waals surface area contributed by atoms with E-state index >= 15 is 0 Å². The van der Waals surface area contributed by atoms with Gasteiger partial charge in [0.2, 0.25) is 0 Å². The standard InChI is InChI=1S/C17H27BrN2O2/c1-12(2)7-14(11-20(3)4)19-10-13-8-15(18)17-16(9-13)21-5-6-22-17/h8-9,12,14,19H,5-7,10-11H2,1-4H3. The predicted molar refractivity (Wildman–Crippen MR) is 93.8 cm³/mol. The average Bonchev–Trinajstić information content (AvgIpc) is 2.44. The Labute approximate surface area is 142 Å². The maximum atomic E-state index is 5.69. The Bertz CT molecular complexity index is 482. The molecule has 1 aliphatic heterocycles. The van der Waals surface area contributed by atoms with Crippen molar-refractivity contribution in [3.63, 3.8) is 0 Å². The molecule has 0 amide bonds. The molecule has 1 aromatic rings. The Kier molecular flexibility index (Phi) is 6.53. The van der Waals surface area contributed by atoms with Gasteiger partial charge < -0.3 is 19.7 Å². The lowest BCUT2D eigenvalue weighted by atomic mass is 10.0. The molecule has 0 radical (unpaired) electrons. The van der Waals surface area contributed by atoms with Crippen LogP contribution in [0.5, 0.6) is 11.5 Å². The zero-order valence-electron chi connectivity index (χ0n) is 14.0. The van der Waals surface area contributed by atoms with Crippen LogP contribution in [0.15, 0.2) is 16.6 Å². The number of hydrogen-bond donors (Lipinski definition) is 1. The molecule has 2 rings (SSSR count). The third kappa shape index (κ3) is 5.14. The van der Waals surface area contributed by atoms with Crippen molar-refractivity contribution in [2.24, 2.45) is 5.92 Å². The summed E-state index contributed by atoms with van der Waals surface area (Å²) in [7, 11) is 4.24. The monoisotopic (exact) mass is 370 g/mol. The molecule has 5 heteroatoms. The number of nitrogens with one attached hydrogen (secondary N) is 1. The Morgan fingerprint density at radius 3 is 2.64 bits per heavy atom. The van der Waals surface area contributed by atoms with Gasteiger partial charge in [0.05, 0.1) is 4.47 Å². The van der Waals surface area contributed by atoms with Crippen molar-refractivity contribution in [3.8, 4) is 11.5 Å². The van der Waals surface area contributed by atoms with E-state index in [1.165, 1.54) is 12.0 Å². The van der Waals surface area contributed by atoms with Crippen molar-refractivity contribution in [1.29, 1.82) is 0 Å². The molecule has 0 bridgehead atoms. The number of fused-ring (bicyclic) bond motifs is 1. The van der Waals surface area contributed by atoms with Gasteiger partial charge in [0.1, 0.15) is 13.2 Å². The fourth-order valence-corrected chi connectivity index (χ4v) is 3.36. The van der Waals surface area contributed by atoms with Crippen LogP contribution in [0.3, 0.4) is 0 Å². The maximum absolute atomic E-state index is 5.69. The highest BCUT2D eigenvalue weighted by atomic mass is 79.9. The van der Waals surface area contributed by atoms with Crippen molar-refractivity contribution in [2.75, 3.05) is 33.9 Å². The fraction of sp³-hybridized carbons (Fsp3) is 0.647. The SMILES string of the molecule is CC(C)CC(CN(C)C)NCc1cc(Br)c2c(c1)OCCO2. The van der Waals surface area contributed by atoms with Crippen molar-refractivity contribution in [3.05, 3.63) is 22.2 Å². The van der Waals surface area contributed by atoms with E-state index in [9.17, 15) is 0 Å². The lowest BCUT2D eigenvalue weighted by Gasteiger charge is -2.25. The van der Waals surface area contributed by atoms with Gasteiger partial charge in [-0.25, -0.2) is 0 Å². The van der Waals surface area contributed by atoms with Crippen LogP contribution in [0.2, 0.25) is 0 Å². The van der Waals surface area contributed by atoms with Gasteiger partial charge in [-0.05, 0) is 60.1 Å². The minimum absolute atomic E-state index is 0.488. The molecule has 1 aromatic carbocycles. The molecular weight excluding hydrogens is 344 g/mol. The smallest absolute Gasteiger partial charge is 0.175 e. The number of likely N-dealkylation sites (N-methyl/N-ethyl adjacent to an activating group) is 1. The highest BCUT2D eigenvalue weighted by Gasteiger charge is 2.17. The van der Waals surface area contributed by atoms with Crippen molar-refractivity contribution in [1.82, 2.24) is 10.2 Å². The lowest BCUT2D eigenvalue weighted by Crippen LogP contribution is -2.38. The molecule has 4 nitrogen and oxygen atoms in total. The summed E-state index contributed by atoms with van der Waals surface area (Å²) in [5.41, 5.74) is 1.21. The Balaban J connectivity index is 2.01. The second kappa shape index (κ2) is 8.18. The van der Waals surface area contributed by atoms with Crippen molar-refractivity contribution < 1.29 is 9.47 Å². The summed E-state index contributed by atoms with van der Waals surface area (Å²) in [4.78, 5) is 2.24. The van der Waals surface area contributed by atoms with Crippen LogP contribution in [-0.2, 0) is 6.54 Å². The molecule has 124 valence electrons. The van der Waals surface area contributed by atoms with Crippen LogP contribution in [0.4, 0.5) is 0 Å². The zero-order valence-corrected chi connectivity index (χ0v) is 15.6. The van der Waals surface area contributed by atoms with Gasteiger partial charge in [0.25, 0.3) is 0 Å². The third-order valence-corrected chi connectivity index (χ3v) is 4.18. The molecule has 1 heterocycles. The first-order valence-corrected chi connectivity index (χ1v) is 8.71. The molecule has 0 saturated carbocycles. The van der Waals surface area contributed by atoms with Crippen molar-refractivity contribution in [2.45, 2.75) is 32.9 Å². The molecule has 0 aromatic heterocycles. The summed E-state index contributed by atoms with van der Waals surface area (Å²) >= 11 is 3.58. The molecule has 1 atom stereocenters. The van der Waals surface area contributed by atoms with E-state index in [0.29, 0.717) is 25.2 Å². The van der Waals surface area contributed by atoms with Gasteiger partial charge in [-0.2, -0.15) is 0 Å². The average molecular weight is 371 g/mol. The van der Waals surface area contributed by atoms with Crippen LogP contribution >= 0.6 is 15.9 Å². The first kappa shape index (κ1) is 17.6. The van der Waals surface area contributed by atoms with E-state index in [2.05, 4.69) is 66.2 Å². The minimum Gasteiger partial charge on any atom is -0.486 e. The summed E-state index contributed by atoms with van der Waals surface area (Å²) in [5, 5.41) is 3.67. The van der Waals surface area contributed by atoms with Crippen molar-refractivity contribution >= 4 is 15.9 Å². The van der Waals surface area contributed by atoms with E-state index < -0.39 is 0 Å². The number of hydrogen-bond acceptors (Lipinski definition) is 4. The largest absolute Gasteiger partial charge is 0.486 e. The van der Waals surface area contributed by atoms with Gasteiger partial charge in [-0.3, -0.25) is 0 Å². The number of rotatable bonds is 7. The quantitative estimate of drug-likeness (QED) is 0.798. The topological polar surface area (TPSA) is 33.7 Å². The van der Waals surface area contributed by atoms with E-state index in [4.69, 9.17) is 9.47 Å². The Morgan fingerprint density at radius 2 is 1.95 bits per heavy atom. The second-order valence-electron chi connectivity index (χ2n) is 6.57. The van der Waals surface area contributed by atoms with Crippen LogP contribution in [0, 0.1) is 5.92 Å². The fourth-order valence-electron chi connectivity index (χ4n) is 2.76. The van der Waals surface area contributed by atoms with E-state index in [-0.39, 0.29) is 0 Å². The predicted octanol–water partition coefficient (Wildman–Crippen LogP) is 3.29. The Morgan fingerprint density at radius 1 is 1.23 bits per heavy atom. The molecule has 0 fully saturated rings. The van der Waals surface area contributed by atoms with E-state index in [0.717, 1.165) is 29.1 Å². The summed E-state index contributed by atoms with van der Waals surface area (Å²) in [6, 6.07) is 4.68. The van der Waals surface area contributed by atoms with Gasteiger partial charge in [-0.1, -0.05) is 13.8 Å². The first-order chi connectivity index (χ1) is 10.5. The number of ether oxygens (including phenoxy) is 2. The number of halogens is 1. The number of nitrogens with zero attached hydrogens (tertiary/aromatic N) is 1. The molecule has 0 saturated heterocycles. The molecule has 1 N–H and O–H groups in total. The summed E-state index contributed by atoms with van der Waals surface area (Å²) < 4.78 is 12.3. The van der Waals surface area contributed by atoms with Crippen LogP contribution in [-0.4, -0.2) is 44.8 Å². The molecule has 0 spiro atoms. The normalized spacial score (nSPS) is 15.4. The van der Waals surface area contributed by atoms with Crippen LogP contribution in [0.25, 0.3) is 0 Å². The van der Waals surface area contributed by atoms with Gasteiger partial charge in [0.15, 0.2) is 11.5 Å². The first-order valence-electron chi connectivity index (χ1n) is 7.92. The van der Waals surface area contributed by atoms with Gasteiger partial charge in [-0.15, -0.1) is 0 Å².